The molecule has 0 radical (unpaired) electrons. The molecule has 0 fully saturated rings. The van der Waals surface area contributed by atoms with Crippen molar-refractivity contribution in [2.24, 2.45) is 11.5 Å². The van der Waals surface area contributed by atoms with Gasteiger partial charge in [-0.1, -0.05) is 18.2 Å². The maximum absolute atomic E-state index is 12.7. The van der Waals surface area contributed by atoms with Crippen LogP contribution in [-0.2, 0) is 10.9 Å². The van der Waals surface area contributed by atoms with Crippen molar-refractivity contribution in [3.8, 4) is 0 Å². The molecule has 1 unspecified atom stereocenters. The lowest BCUT2D eigenvalue weighted by molar-refractivity contribution is -0.138. The van der Waals surface area contributed by atoms with Gasteiger partial charge in [0, 0.05) is 12.5 Å². The van der Waals surface area contributed by atoms with Gasteiger partial charge in [-0.2, -0.15) is 13.2 Å². The van der Waals surface area contributed by atoms with Crippen LogP contribution in [0.5, 0.6) is 0 Å². The van der Waals surface area contributed by atoms with Gasteiger partial charge < -0.3 is 16.2 Å². The van der Waals surface area contributed by atoms with Gasteiger partial charge in [-0.15, -0.1) is 12.4 Å². The second kappa shape index (κ2) is 7.20. The predicted molar refractivity (Wildman–Crippen MR) is 65.8 cm³/mol. The fourth-order valence-corrected chi connectivity index (χ4v) is 1.52. The summed E-state index contributed by atoms with van der Waals surface area (Å²) in [7, 11) is 0. The van der Waals surface area contributed by atoms with Crippen LogP contribution in [0.25, 0.3) is 0 Å². The molecule has 1 rings (SSSR count). The Balaban J connectivity index is 0.00000324. The molecular formula is C11H14ClF3N2O2. The Morgan fingerprint density at radius 3 is 2.42 bits per heavy atom. The van der Waals surface area contributed by atoms with Gasteiger partial charge in [0.25, 0.3) is 0 Å². The van der Waals surface area contributed by atoms with Crippen molar-refractivity contribution in [2.45, 2.75) is 18.6 Å². The standard InChI is InChI=1S/C11H13F3N2O2.ClH/c12-11(13,14)8-4-2-1-3-7(8)9(15)5-6-18-10(16)17;/h1-4,9H,5-6,15H2,(H2,16,17);1H. The van der Waals surface area contributed by atoms with Crippen molar-refractivity contribution in [1.29, 1.82) is 0 Å². The summed E-state index contributed by atoms with van der Waals surface area (Å²) in [5.74, 6) is 0. The van der Waals surface area contributed by atoms with Gasteiger partial charge in [-0.3, -0.25) is 0 Å². The molecule has 4 nitrogen and oxygen atoms in total. The number of carbonyl (C=O) groups is 1. The van der Waals surface area contributed by atoms with E-state index in [2.05, 4.69) is 4.74 Å². The highest BCUT2D eigenvalue weighted by Crippen LogP contribution is 2.34. The van der Waals surface area contributed by atoms with Crippen LogP contribution in [0.1, 0.15) is 23.6 Å². The van der Waals surface area contributed by atoms with Gasteiger partial charge in [0.2, 0.25) is 0 Å². The molecular weight excluding hydrogens is 285 g/mol. The van der Waals surface area contributed by atoms with Gasteiger partial charge in [0.05, 0.1) is 12.2 Å². The van der Waals surface area contributed by atoms with Gasteiger partial charge >= 0.3 is 12.3 Å². The Morgan fingerprint density at radius 1 is 1.32 bits per heavy atom. The number of nitrogens with two attached hydrogens (primary N) is 2. The van der Waals surface area contributed by atoms with E-state index in [4.69, 9.17) is 11.5 Å². The van der Waals surface area contributed by atoms with Gasteiger partial charge in [0.1, 0.15) is 0 Å². The summed E-state index contributed by atoms with van der Waals surface area (Å²) < 4.78 is 42.5. The van der Waals surface area contributed by atoms with E-state index in [0.717, 1.165) is 6.07 Å². The van der Waals surface area contributed by atoms with Crippen LogP contribution in [0.3, 0.4) is 0 Å². The lowest BCUT2D eigenvalue weighted by atomic mass is 9.98. The minimum atomic E-state index is -4.46. The molecule has 1 aromatic carbocycles. The van der Waals surface area contributed by atoms with Crippen LogP contribution in [-0.4, -0.2) is 12.7 Å². The van der Waals surface area contributed by atoms with Crippen molar-refractivity contribution in [3.05, 3.63) is 35.4 Å². The third-order valence-corrected chi connectivity index (χ3v) is 2.34. The molecule has 1 aromatic rings. The Labute approximate surface area is 114 Å². The number of benzene rings is 1. The number of amides is 1. The van der Waals surface area contributed by atoms with E-state index in [1.807, 2.05) is 0 Å². The minimum absolute atomic E-state index is 0. The fraction of sp³-hybridized carbons (Fsp3) is 0.364. The van der Waals surface area contributed by atoms with Crippen LogP contribution < -0.4 is 11.5 Å². The van der Waals surface area contributed by atoms with Gasteiger partial charge in [0.15, 0.2) is 0 Å². The van der Waals surface area contributed by atoms with Crippen LogP contribution in [0.4, 0.5) is 18.0 Å². The second-order valence-electron chi connectivity index (χ2n) is 3.65. The molecule has 0 aliphatic rings. The van der Waals surface area contributed by atoms with E-state index >= 15 is 0 Å². The Hall–Kier alpha value is -1.47. The fourth-order valence-electron chi connectivity index (χ4n) is 1.52. The molecule has 1 amide bonds. The summed E-state index contributed by atoms with van der Waals surface area (Å²) in [4.78, 5) is 10.3. The molecule has 19 heavy (non-hydrogen) atoms. The molecule has 0 aliphatic carbocycles. The van der Waals surface area contributed by atoms with Crippen LogP contribution >= 0.6 is 12.4 Å². The normalized spacial score (nSPS) is 12.4. The lowest BCUT2D eigenvalue weighted by Crippen LogP contribution is -2.21. The highest BCUT2D eigenvalue weighted by molar-refractivity contribution is 5.85. The molecule has 0 saturated carbocycles. The number of primary amides is 1. The minimum Gasteiger partial charge on any atom is -0.450 e. The van der Waals surface area contributed by atoms with Crippen molar-refractivity contribution >= 4 is 18.5 Å². The van der Waals surface area contributed by atoms with Crippen LogP contribution in [0.15, 0.2) is 24.3 Å². The Bertz CT molecular complexity index is 427. The third-order valence-electron chi connectivity index (χ3n) is 2.34. The average Bonchev–Trinajstić information content (AvgIpc) is 2.27. The number of rotatable bonds is 4. The van der Waals surface area contributed by atoms with E-state index in [9.17, 15) is 18.0 Å². The zero-order valence-electron chi connectivity index (χ0n) is 9.81. The maximum atomic E-state index is 12.7. The summed E-state index contributed by atoms with van der Waals surface area (Å²) in [5.41, 5.74) is 9.57. The Morgan fingerprint density at radius 2 is 1.89 bits per heavy atom. The molecule has 108 valence electrons. The molecule has 0 heterocycles. The Kier molecular flexibility index (Phi) is 6.64. The van der Waals surface area contributed by atoms with Crippen molar-refractivity contribution in [3.63, 3.8) is 0 Å². The SMILES string of the molecule is Cl.NC(=O)OCCC(N)c1ccccc1C(F)(F)F. The number of carbonyl (C=O) groups excluding carboxylic acids is 1. The third kappa shape index (κ3) is 5.35. The molecule has 0 bridgehead atoms. The van der Waals surface area contributed by atoms with Crippen molar-refractivity contribution in [1.82, 2.24) is 0 Å². The first-order valence-electron chi connectivity index (χ1n) is 5.16. The lowest BCUT2D eigenvalue weighted by Gasteiger charge is -2.17. The van der Waals surface area contributed by atoms with E-state index in [1.165, 1.54) is 18.2 Å². The summed E-state index contributed by atoms with van der Waals surface area (Å²) in [6.07, 6.45) is -5.37. The quantitative estimate of drug-likeness (QED) is 0.897. The number of hydrogen-bond acceptors (Lipinski definition) is 3. The van der Waals surface area contributed by atoms with E-state index in [0.29, 0.717) is 0 Å². The van der Waals surface area contributed by atoms with E-state index in [1.54, 1.807) is 0 Å². The first-order chi connectivity index (χ1) is 8.32. The molecule has 8 heteroatoms. The first-order valence-corrected chi connectivity index (χ1v) is 5.16. The first kappa shape index (κ1) is 17.5. The van der Waals surface area contributed by atoms with Crippen LogP contribution in [0.2, 0.25) is 0 Å². The number of ether oxygens (including phenoxy) is 1. The van der Waals surface area contributed by atoms with Crippen LogP contribution in [0, 0.1) is 0 Å². The molecule has 0 aliphatic heterocycles. The molecule has 0 spiro atoms. The smallest absolute Gasteiger partial charge is 0.416 e. The maximum Gasteiger partial charge on any atom is 0.416 e. The summed E-state index contributed by atoms with van der Waals surface area (Å²) >= 11 is 0. The second-order valence-corrected chi connectivity index (χ2v) is 3.65. The highest BCUT2D eigenvalue weighted by Gasteiger charge is 2.34. The summed E-state index contributed by atoms with van der Waals surface area (Å²) in [5, 5.41) is 0. The average molecular weight is 299 g/mol. The monoisotopic (exact) mass is 298 g/mol. The molecule has 0 saturated heterocycles. The largest absolute Gasteiger partial charge is 0.450 e. The molecule has 4 N–H and O–H groups in total. The number of halogens is 4. The van der Waals surface area contributed by atoms with Crippen molar-refractivity contribution < 1.29 is 22.7 Å². The van der Waals surface area contributed by atoms with E-state index < -0.39 is 23.9 Å². The van der Waals surface area contributed by atoms with Gasteiger partial charge in [-0.05, 0) is 11.6 Å². The molecule has 1 atom stereocenters. The van der Waals surface area contributed by atoms with Gasteiger partial charge in [-0.25, -0.2) is 4.79 Å². The zero-order valence-corrected chi connectivity index (χ0v) is 10.6. The van der Waals surface area contributed by atoms with Crippen molar-refractivity contribution in [2.75, 3.05) is 6.61 Å². The summed E-state index contributed by atoms with van der Waals surface area (Å²) in [6, 6.07) is 4.16. The number of alkyl halides is 3. The zero-order chi connectivity index (χ0) is 13.8. The predicted octanol–water partition coefficient (Wildman–Crippen LogP) is 2.61. The highest BCUT2D eigenvalue weighted by atomic mass is 35.5. The van der Waals surface area contributed by atoms with E-state index in [-0.39, 0.29) is 31.0 Å². The topological polar surface area (TPSA) is 78.3 Å². The molecule has 0 aromatic heterocycles. The summed E-state index contributed by atoms with van der Waals surface area (Å²) in [6.45, 7) is -0.122. The number of hydrogen-bond donors (Lipinski definition) is 2.